The second kappa shape index (κ2) is 6.87. The molecule has 4 nitrogen and oxygen atoms in total. The Morgan fingerprint density at radius 1 is 1.19 bits per heavy atom. The van der Waals surface area contributed by atoms with Crippen molar-refractivity contribution in [2.75, 3.05) is 0 Å². The molecule has 0 aliphatic rings. The molecule has 2 aromatic rings. The minimum atomic E-state index is 0.215. The van der Waals surface area contributed by atoms with Crippen molar-refractivity contribution < 1.29 is 0 Å². The summed E-state index contributed by atoms with van der Waals surface area (Å²) in [6, 6.07) is 8.95. The highest BCUT2D eigenvalue weighted by molar-refractivity contribution is 5.31. The summed E-state index contributed by atoms with van der Waals surface area (Å²) >= 11 is 0. The van der Waals surface area contributed by atoms with Crippen molar-refractivity contribution in [3.05, 3.63) is 52.3 Å². The summed E-state index contributed by atoms with van der Waals surface area (Å²) in [6.07, 6.45) is 1.82. The van der Waals surface area contributed by atoms with Gasteiger partial charge in [-0.25, -0.2) is 0 Å². The molecular formula is C17H26N4. The maximum atomic E-state index is 5.78. The van der Waals surface area contributed by atoms with Gasteiger partial charge in [-0.3, -0.25) is 16.0 Å². The molecule has 1 unspecified atom stereocenters. The molecule has 0 amide bonds. The van der Waals surface area contributed by atoms with Crippen molar-refractivity contribution >= 4 is 0 Å². The minimum absolute atomic E-state index is 0.215. The lowest BCUT2D eigenvalue weighted by Gasteiger charge is -2.18. The number of hydrogen-bond donors (Lipinski definition) is 2. The third-order valence-corrected chi connectivity index (χ3v) is 3.95. The number of aromatic nitrogens is 2. The van der Waals surface area contributed by atoms with Crippen molar-refractivity contribution in [2.45, 2.75) is 53.1 Å². The van der Waals surface area contributed by atoms with Crippen LogP contribution in [0.2, 0.25) is 0 Å². The van der Waals surface area contributed by atoms with E-state index in [1.807, 2.05) is 6.92 Å². The highest BCUT2D eigenvalue weighted by atomic mass is 15.3. The van der Waals surface area contributed by atoms with E-state index in [1.54, 1.807) is 0 Å². The van der Waals surface area contributed by atoms with E-state index >= 15 is 0 Å². The molecule has 2 rings (SSSR count). The first-order valence-corrected chi connectivity index (χ1v) is 7.59. The molecule has 0 fully saturated rings. The molecule has 1 aromatic carbocycles. The molecule has 4 heteroatoms. The quantitative estimate of drug-likeness (QED) is 0.633. The Hall–Kier alpha value is -1.65. The van der Waals surface area contributed by atoms with Crippen LogP contribution in [0.3, 0.4) is 0 Å². The first kappa shape index (κ1) is 15.7. The number of hydrogen-bond acceptors (Lipinski definition) is 3. The van der Waals surface area contributed by atoms with Gasteiger partial charge < -0.3 is 0 Å². The zero-order chi connectivity index (χ0) is 15.4. The van der Waals surface area contributed by atoms with E-state index in [0.29, 0.717) is 0 Å². The van der Waals surface area contributed by atoms with Gasteiger partial charge in [0.15, 0.2) is 0 Å². The SMILES string of the molecule is CCn1nc(C)cc1CC(Cc1cc(C)ccc1C)NN. The molecule has 0 aliphatic carbocycles. The molecule has 114 valence electrons. The molecule has 0 saturated carbocycles. The van der Waals surface area contributed by atoms with Crippen LogP contribution < -0.4 is 11.3 Å². The van der Waals surface area contributed by atoms with Crippen LogP contribution in [-0.2, 0) is 19.4 Å². The molecule has 0 bridgehead atoms. The molecule has 1 heterocycles. The molecule has 1 aromatic heterocycles. The average Bonchev–Trinajstić information content (AvgIpc) is 2.81. The second-order valence-electron chi connectivity index (χ2n) is 5.79. The van der Waals surface area contributed by atoms with Gasteiger partial charge in [-0.05, 0) is 51.3 Å². The van der Waals surface area contributed by atoms with Crippen LogP contribution in [0.1, 0.15) is 35.0 Å². The number of benzene rings is 1. The Labute approximate surface area is 127 Å². The maximum absolute atomic E-state index is 5.78. The Bertz CT molecular complexity index is 601. The number of rotatable bonds is 6. The molecular weight excluding hydrogens is 260 g/mol. The Morgan fingerprint density at radius 3 is 2.62 bits per heavy atom. The minimum Gasteiger partial charge on any atom is -0.271 e. The van der Waals surface area contributed by atoms with E-state index < -0.39 is 0 Å². The summed E-state index contributed by atoms with van der Waals surface area (Å²) in [5, 5.41) is 4.50. The van der Waals surface area contributed by atoms with E-state index in [-0.39, 0.29) is 6.04 Å². The van der Waals surface area contributed by atoms with Gasteiger partial charge in [0.1, 0.15) is 0 Å². The summed E-state index contributed by atoms with van der Waals surface area (Å²) in [6.45, 7) is 9.33. The highest BCUT2D eigenvalue weighted by Crippen LogP contribution is 2.15. The van der Waals surface area contributed by atoms with Crippen LogP contribution in [-0.4, -0.2) is 15.8 Å². The molecule has 0 spiro atoms. The zero-order valence-electron chi connectivity index (χ0n) is 13.5. The van der Waals surface area contributed by atoms with Gasteiger partial charge in [-0.15, -0.1) is 0 Å². The van der Waals surface area contributed by atoms with Crippen LogP contribution in [0.25, 0.3) is 0 Å². The number of hydrazine groups is 1. The summed E-state index contributed by atoms with van der Waals surface area (Å²) < 4.78 is 2.06. The third kappa shape index (κ3) is 3.93. The van der Waals surface area contributed by atoms with Crippen molar-refractivity contribution in [1.82, 2.24) is 15.2 Å². The fourth-order valence-electron chi connectivity index (χ4n) is 2.77. The van der Waals surface area contributed by atoms with Crippen LogP contribution in [0.4, 0.5) is 0 Å². The second-order valence-corrected chi connectivity index (χ2v) is 5.79. The smallest absolute Gasteiger partial charge is 0.0596 e. The topological polar surface area (TPSA) is 55.9 Å². The Morgan fingerprint density at radius 2 is 1.95 bits per heavy atom. The van der Waals surface area contributed by atoms with Gasteiger partial charge in [0.2, 0.25) is 0 Å². The zero-order valence-corrected chi connectivity index (χ0v) is 13.5. The molecule has 0 aliphatic heterocycles. The van der Waals surface area contributed by atoms with Gasteiger partial charge in [0, 0.05) is 24.7 Å². The first-order valence-electron chi connectivity index (χ1n) is 7.59. The maximum Gasteiger partial charge on any atom is 0.0596 e. The van der Waals surface area contributed by atoms with Crippen LogP contribution in [0, 0.1) is 20.8 Å². The van der Waals surface area contributed by atoms with Crippen LogP contribution >= 0.6 is 0 Å². The number of nitrogens with two attached hydrogens (primary N) is 1. The number of nitrogens with one attached hydrogen (secondary N) is 1. The predicted octanol–water partition coefficient (Wildman–Crippen LogP) is 2.45. The van der Waals surface area contributed by atoms with Crippen molar-refractivity contribution in [2.24, 2.45) is 5.84 Å². The summed E-state index contributed by atoms with van der Waals surface area (Å²) in [7, 11) is 0. The summed E-state index contributed by atoms with van der Waals surface area (Å²) in [4.78, 5) is 0. The van der Waals surface area contributed by atoms with E-state index in [1.165, 1.54) is 22.4 Å². The first-order chi connectivity index (χ1) is 10.0. The fraction of sp³-hybridized carbons (Fsp3) is 0.471. The molecule has 3 N–H and O–H groups in total. The van der Waals surface area contributed by atoms with E-state index in [0.717, 1.165) is 25.1 Å². The molecule has 1 atom stereocenters. The van der Waals surface area contributed by atoms with Gasteiger partial charge in [-0.1, -0.05) is 23.8 Å². The van der Waals surface area contributed by atoms with Gasteiger partial charge in [0.05, 0.1) is 5.69 Å². The molecule has 21 heavy (non-hydrogen) atoms. The average molecular weight is 286 g/mol. The lowest BCUT2D eigenvalue weighted by Crippen LogP contribution is -2.39. The van der Waals surface area contributed by atoms with E-state index in [4.69, 9.17) is 5.84 Å². The normalized spacial score (nSPS) is 12.6. The predicted molar refractivity (Wildman–Crippen MR) is 87.1 cm³/mol. The summed E-state index contributed by atoms with van der Waals surface area (Å²) in [5.74, 6) is 5.78. The number of aryl methyl sites for hydroxylation is 4. The lowest BCUT2D eigenvalue weighted by molar-refractivity contribution is 0.495. The van der Waals surface area contributed by atoms with E-state index in [9.17, 15) is 0 Å². The highest BCUT2D eigenvalue weighted by Gasteiger charge is 2.14. The number of nitrogens with zero attached hydrogens (tertiary/aromatic N) is 2. The van der Waals surface area contributed by atoms with E-state index in [2.05, 4.69) is 60.2 Å². The van der Waals surface area contributed by atoms with Gasteiger partial charge in [-0.2, -0.15) is 5.10 Å². The fourth-order valence-corrected chi connectivity index (χ4v) is 2.77. The van der Waals surface area contributed by atoms with Crippen LogP contribution in [0.15, 0.2) is 24.3 Å². The third-order valence-electron chi connectivity index (χ3n) is 3.95. The standard InChI is InChI=1S/C17H26N4/c1-5-21-17(9-14(4)20-21)11-16(19-18)10-15-8-12(2)6-7-13(15)3/h6-9,16,19H,5,10-11,18H2,1-4H3. The van der Waals surface area contributed by atoms with Crippen molar-refractivity contribution in [3.63, 3.8) is 0 Å². The van der Waals surface area contributed by atoms with Gasteiger partial charge in [0.25, 0.3) is 0 Å². The molecule has 0 radical (unpaired) electrons. The van der Waals surface area contributed by atoms with Crippen molar-refractivity contribution in [3.8, 4) is 0 Å². The Balaban J connectivity index is 2.14. The Kier molecular flexibility index (Phi) is 5.15. The molecule has 0 saturated heterocycles. The lowest BCUT2D eigenvalue weighted by atomic mass is 9.97. The monoisotopic (exact) mass is 286 g/mol. The summed E-state index contributed by atoms with van der Waals surface area (Å²) in [5.41, 5.74) is 9.24. The van der Waals surface area contributed by atoms with Crippen LogP contribution in [0.5, 0.6) is 0 Å². The largest absolute Gasteiger partial charge is 0.271 e. The van der Waals surface area contributed by atoms with Gasteiger partial charge >= 0.3 is 0 Å². The van der Waals surface area contributed by atoms with Crippen molar-refractivity contribution in [1.29, 1.82) is 0 Å².